The zero-order valence-electron chi connectivity index (χ0n) is 21.6. The first-order valence-electron chi connectivity index (χ1n) is 12.7. The molecule has 9 heteroatoms. The van der Waals surface area contributed by atoms with Crippen molar-refractivity contribution in [1.29, 1.82) is 0 Å². The van der Waals surface area contributed by atoms with Gasteiger partial charge in [-0.05, 0) is 79.8 Å². The van der Waals surface area contributed by atoms with E-state index in [1.165, 1.54) is 12.1 Å². The number of halogens is 1. The van der Waals surface area contributed by atoms with Gasteiger partial charge >= 0.3 is 0 Å². The second kappa shape index (κ2) is 9.41. The standard InChI is InChI=1S/C29H29FN6O2/c1-29(2,37)15-31-14-17-4-9-26-24(10-17)34-28(38-26)25-12-19(11-23(33-25)18-5-6-18)21-8-7-20(30)13-22(21)27-35-32-16-36(27)3/h4,7-13,16,18,31,37H,5-6,14-15H2,1-3H3. The summed E-state index contributed by atoms with van der Waals surface area (Å²) in [5.74, 6) is 1.08. The summed E-state index contributed by atoms with van der Waals surface area (Å²) in [5, 5.41) is 21.4. The molecule has 0 atom stereocenters. The molecule has 0 spiro atoms. The van der Waals surface area contributed by atoms with Gasteiger partial charge in [-0.3, -0.25) is 0 Å². The predicted molar refractivity (Wildman–Crippen MR) is 143 cm³/mol. The maximum atomic E-state index is 14.3. The fourth-order valence-corrected chi connectivity index (χ4v) is 4.59. The molecule has 38 heavy (non-hydrogen) atoms. The van der Waals surface area contributed by atoms with E-state index in [9.17, 15) is 9.50 Å². The van der Waals surface area contributed by atoms with Crippen LogP contribution in [-0.4, -0.2) is 42.0 Å². The molecule has 2 N–H and O–H groups in total. The van der Waals surface area contributed by atoms with Crippen LogP contribution in [0.2, 0.25) is 0 Å². The zero-order chi connectivity index (χ0) is 26.4. The first-order valence-corrected chi connectivity index (χ1v) is 12.7. The molecule has 0 amide bonds. The van der Waals surface area contributed by atoms with Gasteiger partial charge in [0.15, 0.2) is 11.4 Å². The summed E-state index contributed by atoms with van der Waals surface area (Å²) in [7, 11) is 1.84. The number of pyridine rings is 1. The number of aliphatic hydroxyl groups is 1. The molecule has 0 aliphatic heterocycles. The van der Waals surface area contributed by atoms with Crippen molar-refractivity contribution in [3.8, 4) is 34.1 Å². The Bertz CT molecular complexity index is 1630. The molecule has 6 rings (SSSR count). The van der Waals surface area contributed by atoms with Gasteiger partial charge in [-0.2, -0.15) is 0 Å². The minimum atomic E-state index is -0.779. The van der Waals surface area contributed by atoms with E-state index in [1.54, 1.807) is 30.8 Å². The Balaban J connectivity index is 1.39. The van der Waals surface area contributed by atoms with Crippen LogP contribution in [0.15, 0.2) is 59.3 Å². The summed E-state index contributed by atoms with van der Waals surface area (Å²) < 4.78 is 22.2. The van der Waals surface area contributed by atoms with Crippen molar-refractivity contribution in [2.45, 2.75) is 44.8 Å². The average molecular weight is 513 g/mol. The highest BCUT2D eigenvalue weighted by molar-refractivity contribution is 5.83. The van der Waals surface area contributed by atoms with Gasteiger partial charge in [0, 0.05) is 37.3 Å². The van der Waals surface area contributed by atoms with Crippen LogP contribution in [0.4, 0.5) is 4.39 Å². The SMILES string of the molecule is Cn1cnnc1-c1cc(F)ccc1-c1cc(-c2nc3cc(CNCC(C)(C)O)ccc3o2)nc(C2CC2)c1. The average Bonchev–Trinajstić information content (AvgIpc) is 3.50. The van der Waals surface area contributed by atoms with Gasteiger partial charge < -0.3 is 19.4 Å². The van der Waals surface area contributed by atoms with Gasteiger partial charge in [-0.15, -0.1) is 10.2 Å². The van der Waals surface area contributed by atoms with Crippen molar-refractivity contribution in [2.24, 2.45) is 7.05 Å². The Morgan fingerprint density at radius 1 is 1.08 bits per heavy atom. The third-order valence-corrected chi connectivity index (χ3v) is 6.64. The number of hydrogen-bond acceptors (Lipinski definition) is 7. The number of nitrogens with one attached hydrogen (secondary N) is 1. The van der Waals surface area contributed by atoms with E-state index in [4.69, 9.17) is 14.4 Å². The lowest BCUT2D eigenvalue weighted by atomic mass is 9.97. The van der Waals surface area contributed by atoms with Gasteiger partial charge in [0.05, 0.1) is 5.60 Å². The molecule has 1 saturated carbocycles. The molecule has 1 aliphatic carbocycles. The molecular weight excluding hydrogens is 483 g/mol. The Labute approximate surface area is 219 Å². The summed E-state index contributed by atoms with van der Waals surface area (Å²) >= 11 is 0. The van der Waals surface area contributed by atoms with E-state index in [2.05, 4.69) is 21.6 Å². The fraction of sp³-hybridized carbons (Fsp3) is 0.310. The Morgan fingerprint density at radius 3 is 2.66 bits per heavy atom. The van der Waals surface area contributed by atoms with Crippen molar-refractivity contribution in [1.82, 2.24) is 30.0 Å². The van der Waals surface area contributed by atoms with E-state index < -0.39 is 5.60 Å². The molecular formula is C29H29FN6O2. The third kappa shape index (κ3) is 5.07. The summed E-state index contributed by atoms with van der Waals surface area (Å²) in [6.07, 6.45) is 3.78. The predicted octanol–water partition coefficient (Wildman–Crippen LogP) is 5.23. The second-order valence-electron chi connectivity index (χ2n) is 10.6. The first kappa shape index (κ1) is 24.4. The van der Waals surface area contributed by atoms with Crippen molar-refractivity contribution < 1.29 is 13.9 Å². The minimum absolute atomic E-state index is 0.338. The zero-order valence-corrected chi connectivity index (χ0v) is 21.6. The van der Waals surface area contributed by atoms with Crippen LogP contribution in [0.1, 0.15) is 43.9 Å². The molecule has 5 aromatic rings. The van der Waals surface area contributed by atoms with E-state index in [-0.39, 0.29) is 5.82 Å². The monoisotopic (exact) mass is 512 g/mol. The fourth-order valence-electron chi connectivity index (χ4n) is 4.59. The Morgan fingerprint density at radius 2 is 1.92 bits per heavy atom. The Hall–Kier alpha value is -3.95. The molecule has 0 radical (unpaired) electrons. The van der Waals surface area contributed by atoms with E-state index >= 15 is 0 Å². The van der Waals surface area contributed by atoms with Crippen LogP contribution < -0.4 is 5.32 Å². The highest BCUT2D eigenvalue weighted by atomic mass is 19.1. The summed E-state index contributed by atoms with van der Waals surface area (Å²) in [5.41, 5.74) is 5.68. The number of hydrogen-bond donors (Lipinski definition) is 2. The third-order valence-electron chi connectivity index (χ3n) is 6.64. The smallest absolute Gasteiger partial charge is 0.246 e. The summed E-state index contributed by atoms with van der Waals surface area (Å²) in [4.78, 5) is 9.67. The van der Waals surface area contributed by atoms with Crippen LogP contribution in [0.25, 0.3) is 45.2 Å². The number of oxazole rings is 1. The molecule has 1 aliphatic rings. The lowest BCUT2D eigenvalue weighted by Gasteiger charge is -2.17. The van der Waals surface area contributed by atoms with Gasteiger partial charge in [-0.1, -0.05) is 12.1 Å². The maximum absolute atomic E-state index is 14.3. The minimum Gasteiger partial charge on any atom is -0.435 e. The molecule has 2 aromatic carbocycles. The van der Waals surface area contributed by atoms with E-state index in [0.717, 1.165) is 40.7 Å². The molecule has 3 heterocycles. The highest BCUT2D eigenvalue weighted by Crippen LogP contribution is 2.42. The number of nitrogens with zero attached hydrogens (tertiary/aromatic N) is 5. The van der Waals surface area contributed by atoms with E-state index in [1.807, 2.05) is 31.3 Å². The van der Waals surface area contributed by atoms with Crippen molar-refractivity contribution in [3.05, 3.63) is 71.9 Å². The molecule has 1 fully saturated rings. The number of aromatic nitrogens is 5. The number of aryl methyl sites for hydroxylation is 1. The first-order chi connectivity index (χ1) is 18.2. The van der Waals surface area contributed by atoms with Gasteiger partial charge in [0.1, 0.15) is 23.4 Å². The van der Waals surface area contributed by atoms with Crippen molar-refractivity contribution in [3.63, 3.8) is 0 Å². The normalized spacial score (nSPS) is 13.9. The topological polar surface area (TPSA) is 102 Å². The molecule has 8 nitrogen and oxygen atoms in total. The van der Waals surface area contributed by atoms with E-state index in [0.29, 0.717) is 47.6 Å². The van der Waals surface area contributed by atoms with Crippen LogP contribution in [0.5, 0.6) is 0 Å². The largest absolute Gasteiger partial charge is 0.435 e. The van der Waals surface area contributed by atoms with Crippen LogP contribution in [0.3, 0.4) is 0 Å². The number of rotatable bonds is 8. The lowest BCUT2D eigenvalue weighted by molar-refractivity contribution is 0.0795. The molecule has 0 bridgehead atoms. The van der Waals surface area contributed by atoms with Gasteiger partial charge in [0.25, 0.3) is 0 Å². The van der Waals surface area contributed by atoms with Crippen LogP contribution in [-0.2, 0) is 13.6 Å². The molecule has 0 unspecified atom stereocenters. The summed E-state index contributed by atoms with van der Waals surface area (Å²) in [6.45, 7) is 4.63. The quantitative estimate of drug-likeness (QED) is 0.294. The Kier molecular flexibility index (Phi) is 6.04. The second-order valence-corrected chi connectivity index (χ2v) is 10.6. The molecule has 194 valence electrons. The maximum Gasteiger partial charge on any atom is 0.246 e. The van der Waals surface area contributed by atoms with Crippen molar-refractivity contribution in [2.75, 3.05) is 6.54 Å². The van der Waals surface area contributed by atoms with Crippen LogP contribution >= 0.6 is 0 Å². The highest BCUT2D eigenvalue weighted by Gasteiger charge is 2.27. The molecule has 0 saturated heterocycles. The summed E-state index contributed by atoms with van der Waals surface area (Å²) in [6, 6.07) is 14.6. The lowest BCUT2D eigenvalue weighted by Crippen LogP contribution is -2.34. The van der Waals surface area contributed by atoms with Crippen LogP contribution in [0, 0.1) is 5.82 Å². The van der Waals surface area contributed by atoms with Gasteiger partial charge in [-0.25, -0.2) is 14.4 Å². The van der Waals surface area contributed by atoms with Gasteiger partial charge in [0.2, 0.25) is 5.89 Å². The number of benzene rings is 2. The molecule has 3 aromatic heterocycles. The number of fused-ring (bicyclic) bond motifs is 1. The van der Waals surface area contributed by atoms with Crippen molar-refractivity contribution >= 4 is 11.1 Å².